The van der Waals surface area contributed by atoms with E-state index in [9.17, 15) is 0 Å². The van der Waals surface area contributed by atoms with Gasteiger partial charge in [0.2, 0.25) is 0 Å². The third-order valence-corrected chi connectivity index (χ3v) is 3.14. The van der Waals surface area contributed by atoms with Gasteiger partial charge >= 0.3 is 0 Å². The van der Waals surface area contributed by atoms with Crippen LogP contribution in [0.5, 0.6) is 5.75 Å². The second kappa shape index (κ2) is 4.22. The molecule has 4 heteroatoms. The van der Waals surface area contributed by atoms with Crippen LogP contribution in [0, 0.1) is 0 Å². The molecule has 2 aromatic rings. The van der Waals surface area contributed by atoms with Crippen molar-refractivity contribution in [1.29, 1.82) is 0 Å². The first kappa shape index (κ1) is 10.4. The van der Waals surface area contributed by atoms with E-state index in [0.717, 1.165) is 35.9 Å². The number of aromatic nitrogens is 2. The molecule has 1 fully saturated rings. The minimum atomic E-state index is 0.536. The van der Waals surface area contributed by atoms with E-state index in [2.05, 4.69) is 21.4 Å². The van der Waals surface area contributed by atoms with Gasteiger partial charge in [-0.2, -0.15) is 0 Å². The Morgan fingerprint density at radius 2 is 2.24 bits per heavy atom. The number of benzene rings is 1. The van der Waals surface area contributed by atoms with Gasteiger partial charge in [-0.1, -0.05) is 12.1 Å². The highest BCUT2D eigenvalue weighted by Gasteiger charge is 2.21. The highest BCUT2D eigenvalue weighted by Crippen LogP contribution is 2.24. The van der Waals surface area contributed by atoms with Gasteiger partial charge in [0.05, 0.1) is 19.0 Å². The third-order valence-electron chi connectivity index (χ3n) is 3.14. The van der Waals surface area contributed by atoms with Gasteiger partial charge < -0.3 is 15.0 Å². The van der Waals surface area contributed by atoms with Gasteiger partial charge in [0.1, 0.15) is 11.6 Å². The molecule has 2 N–H and O–H groups in total. The van der Waals surface area contributed by atoms with Gasteiger partial charge in [0, 0.05) is 24.6 Å². The average Bonchev–Trinajstić information content (AvgIpc) is 2.76. The second-order valence-electron chi connectivity index (χ2n) is 4.27. The summed E-state index contributed by atoms with van der Waals surface area (Å²) in [4.78, 5) is 7.81. The first-order valence-electron chi connectivity index (χ1n) is 5.77. The average molecular weight is 229 g/mol. The van der Waals surface area contributed by atoms with E-state index in [1.54, 1.807) is 7.11 Å². The number of nitrogens with one attached hydrogen (secondary N) is 2. The molecule has 0 aliphatic carbocycles. The van der Waals surface area contributed by atoms with Crippen LogP contribution in [0.25, 0.3) is 11.3 Å². The fourth-order valence-electron chi connectivity index (χ4n) is 1.96. The summed E-state index contributed by atoms with van der Waals surface area (Å²) in [5.74, 6) is 2.47. The van der Waals surface area contributed by atoms with Crippen LogP contribution in [0.15, 0.2) is 30.5 Å². The fourth-order valence-corrected chi connectivity index (χ4v) is 1.96. The molecular formula is C13H15N3O. The lowest BCUT2D eigenvalue weighted by Gasteiger charge is -2.24. The Bertz CT molecular complexity index is 517. The molecule has 0 saturated carbocycles. The minimum absolute atomic E-state index is 0.536. The van der Waals surface area contributed by atoms with Gasteiger partial charge in [-0.3, -0.25) is 0 Å². The zero-order valence-corrected chi connectivity index (χ0v) is 9.73. The molecule has 0 atom stereocenters. The fraction of sp³-hybridized carbons (Fsp3) is 0.308. The van der Waals surface area contributed by atoms with Crippen LogP contribution in [0.4, 0.5) is 0 Å². The summed E-state index contributed by atoms with van der Waals surface area (Å²) in [5, 5.41) is 3.25. The Morgan fingerprint density at radius 3 is 2.94 bits per heavy atom. The number of methoxy groups -OCH3 is 1. The van der Waals surface area contributed by atoms with Crippen LogP contribution in [0.3, 0.4) is 0 Å². The summed E-state index contributed by atoms with van der Waals surface area (Å²) in [6.45, 7) is 2.04. The van der Waals surface area contributed by atoms with Crippen molar-refractivity contribution in [3.05, 3.63) is 36.3 Å². The van der Waals surface area contributed by atoms with Crippen molar-refractivity contribution >= 4 is 0 Å². The maximum atomic E-state index is 5.22. The molecule has 1 aromatic heterocycles. The van der Waals surface area contributed by atoms with Crippen molar-refractivity contribution in [2.24, 2.45) is 0 Å². The van der Waals surface area contributed by atoms with Crippen molar-refractivity contribution < 1.29 is 4.74 Å². The van der Waals surface area contributed by atoms with Gasteiger partial charge in [-0.05, 0) is 12.1 Å². The van der Waals surface area contributed by atoms with E-state index in [1.165, 1.54) is 0 Å². The molecule has 4 nitrogen and oxygen atoms in total. The van der Waals surface area contributed by atoms with Crippen LogP contribution in [0.1, 0.15) is 11.7 Å². The lowest BCUT2D eigenvalue weighted by molar-refractivity contribution is 0.415. The number of hydrogen-bond donors (Lipinski definition) is 2. The van der Waals surface area contributed by atoms with Crippen LogP contribution in [-0.2, 0) is 0 Å². The van der Waals surface area contributed by atoms with Gasteiger partial charge in [0.25, 0.3) is 0 Å². The lowest BCUT2D eigenvalue weighted by Crippen LogP contribution is -2.40. The topological polar surface area (TPSA) is 49.9 Å². The Labute approximate surface area is 100 Å². The van der Waals surface area contributed by atoms with Crippen LogP contribution >= 0.6 is 0 Å². The third kappa shape index (κ3) is 1.91. The quantitative estimate of drug-likeness (QED) is 0.843. The first-order chi connectivity index (χ1) is 8.36. The van der Waals surface area contributed by atoms with Crippen molar-refractivity contribution in [2.45, 2.75) is 5.92 Å². The van der Waals surface area contributed by atoms with E-state index in [0.29, 0.717) is 5.92 Å². The summed E-state index contributed by atoms with van der Waals surface area (Å²) in [5.41, 5.74) is 2.15. The highest BCUT2D eigenvalue weighted by atomic mass is 16.5. The molecule has 1 aliphatic heterocycles. The molecule has 1 aromatic carbocycles. The molecule has 0 unspecified atom stereocenters. The highest BCUT2D eigenvalue weighted by molar-refractivity contribution is 5.60. The van der Waals surface area contributed by atoms with Gasteiger partial charge in [0.15, 0.2) is 0 Å². The van der Waals surface area contributed by atoms with Crippen molar-refractivity contribution in [3.8, 4) is 17.0 Å². The standard InChI is InChI=1S/C13H15N3O/c1-17-11-4-2-3-9(5-11)12-8-15-13(16-12)10-6-14-7-10/h2-5,8,10,14H,6-7H2,1H3,(H,15,16). The van der Waals surface area contributed by atoms with Crippen LogP contribution in [0.2, 0.25) is 0 Å². The zero-order chi connectivity index (χ0) is 11.7. The van der Waals surface area contributed by atoms with Crippen molar-refractivity contribution in [1.82, 2.24) is 15.3 Å². The summed E-state index contributed by atoms with van der Waals surface area (Å²) < 4.78 is 5.22. The first-order valence-corrected chi connectivity index (χ1v) is 5.77. The number of aromatic amines is 1. The number of rotatable bonds is 3. The SMILES string of the molecule is COc1cccc(-c2cnc(C3CNC3)[nH]2)c1. The maximum Gasteiger partial charge on any atom is 0.119 e. The molecule has 1 aliphatic rings. The minimum Gasteiger partial charge on any atom is -0.497 e. The number of ether oxygens (including phenoxy) is 1. The van der Waals surface area contributed by atoms with Crippen LogP contribution < -0.4 is 10.1 Å². The molecule has 2 heterocycles. The number of imidazole rings is 1. The summed E-state index contributed by atoms with van der Waals surface area (Å²) in [6.07, 6.45) is 1.89. The van der Waals surface area contributed by atoms with E-state index in [1.807, 2.05) is 24.4 Å². The second-order valence-corrected chi connectivity index (χ2v) is 4.27. The largest absolute Gasteiger partial charge is 0.497 e. The summed E-state index contributed by atoms with van der Waals surface area (Å²) >= 11 is 0. The Balaban J connectivity index is 1.89. The molecule has 0 radical (unpaired) electrons. The van der Waals surface area contributed by atoms with E-state index in [4.69, 9.17) is 4.74 Å². The van der Waals surface area contributed by atoms with E-state index >= 15 is 0 Å². The summed E-state index contributed by atoms with van der Waals surface area (Å²) in [7, 11) is 1.68. The zero-order valence-electron chi connectivity index (χ0n) is 9.73. The molecule has 1 saturated heterocycles. The molecule has 17 heavy (non-hydrogen) atoms. The van der Waals surface area contributed by atoms with E-state index in [-0.39, 0.29) is 0 Å². The normalized spacial score (nSPS) is 15.6. The molecule has 0 amide bonds. The number of nitrogens with zero attached hydrogens (tertiary/aromatic N) is 1. The molecule has 0 bridgehead atoms. The molecule has 3 rings (SSSR count). The maximum absolute atomic E-state index is 5.22. The Kier molecular flexibility index (Phi) is 2.57. The molecular weight excluding hydrogens is 214 g/mol. The number of H-pyrrole nitrogens is 1. The lowest BCUT2D eigenvalue weighted by atomic mass is 10.0. The Hall–Kier alpha value is -1.81. The number of hydrogen-bond acceptors (Lipinski definition) is 3. The van der Waals surface area contributed by atoms with Gasteiger partial charge in [-0.15, -0.1) is 0 Å². The van der Waals surface area contributed by atoms with Crippen LogP contribution in [-0.4, -0.2) is 30.2 Å². The van der Waals surface area contributed by atoms with Crippen molar-refractivity contribution in [3.63, 3.8) is 0 Å². The molecule has 88 valence electrons. The predicted octanol–water partition coefficient (Wildman–Crippen LogP) is 1.77. The Morgan fingerprint density at radius 1 is 1.35 bits per heavy atom. The van der Waals surface area contributed by atoms with E-state index < -0.39 is 0 Å². The van der Waals surface area contributed by atoms with Crippen molar-refractivity contribution in [2.75, 3.05) is 20.2 Å². The van der Waals surface area contributed by atoms with Gasteiger partial charge in [-0.25, -0.2) is 4.98 Å². The monoisotopic (exact) mass is 229 g/mol. The summed E-state index contributed by atoms with van der Waals surface area (Å²) in [6, 6.07) is 7.99. The predicted molar refractivity (Wildman–Crippen MR) is 66.2 cm³/mol. The molecule has 0 spiro atoms. The smallest absolute Gasteiger partial charge is 0.119 e.